The van der Waals surface area contributed by atoms with Gasteiger partial charge in [0.25, 0.3) is 0 Å². The van der Waals surface area contributed by atoms with Crippen molar-refractivity contribution in [3.63, 3.8) is 0 Å². The molecule has 3 heteroatoms. The molecule has 2 aliphatic carbocycles. The second-order valence-corrected chi connectivity index (χ2v) is 10.3. The molecule has 1 amide bonds. The molecule has 1 heterocycles. The second-order valence-electron chi connectivity index (χ2n) is 10.3. The molecule has 1 N–H and O–H groups in total. The van der Waals surface area contributed by atoms with Gasteiger partial charge in [-0.05, 0) is 48.8 Å². The zero-order valence-corrected chi connectivity index (χ0v) is 19.8. The van der Waals surface area contributed by atoms with E-state index < -0.39 is 0 Å². The van der Waals surface area contributed by atoms with Crippen LogP contribution >= 0.6 is 0 Å². The Bertz CT molecular complexity index is 1040. The highest BCUT2D eigenvalue weighted by Gasteiger charge is 2.25. The molecule has 2 saturated carbocycles. The van der Waals surface area contributed by atoms with Crippen LogP contribution in [0.5, 0.6) is 0 Å². The molecular weight excluding hydrogens is 404 g/mol. The Morgan fingerprint density at radius 3 is 2.27 bits per heavy atom. The molecule has 3 aromatic rings. The van der Waals surface area contributed by atoms with Crippen LogP contribution in [0.2, 0.25) is 0 Å². The standard InChI is InChI=1S/C30H38N2O/c33-30(31-25-16-8-3-9-17-25)20-27(24-14-6-2-7-15-24)28-22-32(21-23-12-4-1-5-13-23)29-19-11-10-18-26(28)29/h2,6-7,10-11,14-15,18-19,22-23,25,27H,1,3-5,8-9,12-13,16-17,20-21H2,(H,31,33). The third-order valence-electron chi connectivity index (χ3n) is 7.94. The van der Waals surface area contributed by atoms with E-state index >= 15 is 0 Å². The van der Waals surface area contributed by atoms with Crippen molar-refractivity contribution in [1.82, 2.24) is 9.88 Å². The Morgan fingerprint density at radius 1 is 0.848 bits per heavy atom. The Kier molecular flexibility index (Phi) is 7.14. The molecule has 0 radical (unpaired) electrons. The average molecular weight is 443 g/mol. The largest absolute Gasteiger partial charge is 0.353 e. The predicted molar refractivity (Wildman–Crippen MR) is 136 cm³/mol. The van der Waals surface area contributed by atoms with Crippen molar-refractivity contribution < 1.29 is 4.79 Å². The average Bonchev–Trinajstić information content (AvgIpc) is 3.22. The maximum Gasteiger partial charge on any atom is 0.221 e. The first-order valence-corrected chi connectivity index (χ1v) is 13.2. The van der Waals surface area contributed by atoms with Crippen LogP contribution in [0.1, 0.15) is 87.7 Å². The molecule has 2 fully saturated rings. The van der Waals surface area contributed by atoms with E-state index in [0.29, 0.717) is 12.5 Å². The number of hydrogen-bond donors (Lipinski definition) is 1. The summed E-state index contributed by atoms with van der Waals surface area (Å²) in [6, 6.07) is 19.8. The molecule has 1 unspecified atom stereocenters. The number of fused-ring (bicyclic) bond motifs is 1. The smallest absolute Gasteiger partial charge is 0.221 e. The highest BCUT2D eigenvalue weighted by molar-refractivity contribution is 5.86. The maximum atomic E-state index is 13.2. The van der Waals surface area contributed by atoms with E-state index in [2.05, 4.69) is 70.7 Å². The van der Waals surface area contributed by atoms with Gasteiger partial charge in [-0.15, -0.1) is 0 Å². The minimum Gasteiger partial charge on any atom is -0.353 e. The minimum absolute atomic E-state index is 0.0762. The van der Waals surface area contributed by atoms with Crippen molar-refractivity contribution in [3.8, 4) is 0 Å². The molecule has 0 aliphatic heterocycles. The Morgan fingerprint density at radius 2 is 1.52 bits per heavy atom. The highest BCUT2D eigenvalue weighted by atomic mass is 16.1. The lowest BCUT2D eigenvalue weighted by Crippen LogP contribution is -2.36. The summed E-state index contributed by atoms with van der Waals surface area (Å²) in [4.78, 5) is 13.2. The van der Waals surface area contributed by atoms with Gasteiger partial charge >= 0.3 is 0 Å². The molecule has 0 bridgehead atoms. The summed E-state index contributed by atoms with van der Waals surface area (Å²) < 4.78 is 2.48. The molecule has 33 heavy (non-hydrogen) atoms. The van der Waals surface area contributed by atoms with E-state index in [1.807, 2.05) is 0 Å². The van der Waals surface area contributed by atoms with Crippen molar-refractivity contribution in [1.29, 1.82) is 0 Å². The summed E-state index contributed by atoms with van der Waals surface area (Å²) in [5, 5.41) is 4.66. The number of hydrogen-bond acceptors (Lipinski definition) is 1. The SMILES string of the molecule is O=C(CC(c1ccccc1)c1cn(CC2CCCCC2)c2ccccc12)NC1CCCCC1. The lowest BCUT2D eigenvalue weighted by atomic mass is 9.87. The third kappa shape index (κ3) is 5.34. The second kappa shape index (κ2) is 10.6. The van der Waals surface area contributed by atoms with Gasteiger partial charge in [0.15, 0.2) is 0 Å². The van der Waals surface area contributed by atoms with Crippen LogP contribution in [0.3, 0.4) is 0 Å². The zero-order chi connectivity index (χ0) is 22.5. The number of aromatic nitrogens is 1. The summed E-state index contributed by atoms with van der Waals surface area (Å²) in [7, 11) is 0. The van der Waals surface area contributed by atoms with E-state index in [1.54, 1.807) is 0 Å². The molecule has 2 aromatic carbocycles. The van der Waals surface area contributed by atoms with Crippen LogP contribution in [-0.2, 0) is 11.3 Å². The van der Waals surface area contributed by atoms with Crippen molar-refractivity contribution in [2.75, 3.05) is 0 Å². The van der Waals surface area contributed by atoms with Gasteiger partial charge < -0.3 is 9.88 Å². The van der Waals surface area contributed by atoms with Crippen LogP contribution in [0.25, 0.3) is 10.9 Å². The number of para-hydroxylation sites is 1. The van der Waals surface area contributed by atoms with Crippen molar-refractivity contribution in [3.05, 3.63) is 71.9 Å². The molecule has 1 aromatic heterocycles. The number of carbonyl (C=O) groups excluding carboxylic acids is 1. The number of carbonyl (C=O) groups is 1. The molecule has 5 rings (SSSR count). The first-order valence-electron chi connectivity index (χ1n) is 13.2. The summed E-state index contributed by atoms with van der Waals surface area (Å²) in [6.07, 6.45) is 15.7. The van der Waals surface area contributed by atoms with Crippen LogP contribution in [-0.4, -0.2) is 16.5 Å². The zero-order valence-electron chi connectivity index (χ0n) is 19.8. The fraction of sp³-hybridized carbons (Fsp3) is 0.500. The summed E-state index contributed by atoms with van der Waals surface area (Å²) in [6.45, 7) is 1.09. The van der Waals surface area contributed by atoms with Crippen molar-refractivity contribution >= 4 is 16.8 Å². The van der Waals surface area contributed by atoms with Crippen LogP contribution in [0.15, 0.2) is 60.8 Å². The number of benzene rings is 2. The normalized spacial score (nSPS) is 18.9. The number of nitrogens with zero attached hydrogens (tertiary/aromatic N) is 1. The van der Waals surface area contributed by atoms with Crippen molar-refractivity contribution in [2.24, 2.45) is 5.92 Å². The Labute approximate surface area is 198 Å². The summed E-state index contributed by atoms with van der Waals surface area (Å²) in [5.41, 5.74) is 3.84. The highest BCUT2D eigenvalue weighted by Crippen LogP contribution is 2.36. The molecule has 0 spiro atoms. The summed E-state index contributed by atoms with van der Waals surface area (Å²) >= 11 is 0. The maximum absolute atomic E-state index is 13.2. The van der Waals surface area contributed by atoms with Gasteiger partial charge in [-0.3, -0.25) is 4.79 Å². The minimum atomic E-state index is 0.0762. The molecule has 3 nitrogen and oxygen atoms in total. The number of amides is 1. The van der Waals surface area contributed by atoms with Crippen molar-refractivity contribution in [2.45, 2.75) is 89.1 Å². The van der Waals surface area contributed by atoms with Crippen LogP contribution < -0.4 is 5.32 Å². The van der Waals surface area contributed by atoms with E-state index in [4.69, 9.17) is 0 Å². The molecular formula is C30H38N2O. The van der Waals surface area contributed by atoms with Crippen LogP contribution in [0.4, 0.5) is 0 Å². The Balaban J connectivity index is 1.45. The van der Waals surface area contributed by atoms with Gasteiger partial charge in [0.1, 0.15) is 0 Å². The van der Waals surface area contributed by atoms with E-state index in [9.17, 15) is 4.79 Å². The van der Waals surface area contributed by atoms with Gasteiger partial charge in [-0.1, -0.05) is 87.1 Å². The molecule has 174 valence electrons. The quantitative estimate of drug-likeness (QED) is 0.413. The molecule has 0 saturated heterocycles. The lowest BCUT2D eigenvalue weighted by Gasteiger charge is -2.24. The number of nitrogens with one attached hydrogen (secondary N) is 1. The fourth-order valence-corrected chi connectivity index (χ4v) is 6.16. The van der Waals surface area contributed by atoms with Gasteiger partial charge in [-0.2, -0.15) is 0 Å². The first kappa shape index (κ1) is 22.3. The molecule has 2 aliphatic rings. The Hall–Kier alpha value is -2.55. The van der Waals surface area contributed by atoms with Gasteiger partial charge in [0.2, 0.25) is 5.91 Å². The van der Waals surface area contributed by atoms with E-state index in [-0.39, 0.29) is 11.8 Å². The van der Waals surface area contributed by atoms with E-state index in [0.717, 1.165) is 25.3 Å². The molecule has 1 atom stereocenters. The fourth-order valence-electron chi connectivity index (χ4n) is 6.16. The lowest BCUT2D eigenvalue weighted by molar-refractivity contribution is -0.122. The van der Waals surface area contributed by atoms with Crippen LogP contribution in [0, 0.1) is 5.92 Å². The van der Waals surface area contributed by atoms with Gasteiger partial charge in [0, 0.05) is 42.0 Å². The van der Waals surface area contributed by atoms with E-state index in [1.165, 1.54) is 73.4 Å². The van der Waals surface area contributed by atoms with Gasteiger partial charge in [-0.25, -0.2) is 0 Å². The topological polar surface area (TPSA) is 34.0 Å². The van der Waals surface area contributed by atoms with Gasteiger partial charge in [0.05, 0.1) is 0 Å². The third-order valence-corrected chi connectivity index (χ3v) is 7.94. The first-order chi connectivity index (χ1) is 16.3. The predicted octanol–water partition coefficient (Wildman–Crippen LogP) is 7.19. The summed E-state index contributed by atoms with van der Waals surface area (Å²) in [5.74, 6) is 1.04. The number of rotatable bonds is 7. The monoisotopic (exact) mass is 442 g/mol.